The first-order valence-electron chi connectivity index (χ1n) is 6.57. The van der Waals surface area contributed by atoms with Crippen LogP contribution in [-0.2, 0) is 4.74 Å². The lowest BCUT2D eigenvalue weighted by molar-refractivity contribution is 0.181. The first-order valence-corrected chi connectivity index (χ1v) is 6.57. The van der Waals surface area contributed by atoms with Crippen molar-refractivity contribution in [1.29, 1.82) is 0 Å². The number of nitrogens with zero attached hydrogens (tertiary/aromatic N) is 3. The normalized spacial score (nSPS) is 12.9. The van der Waals surface area contributed by atoms with Crippen molar-refractivity contribution in [2.24, 2.45) is 10.9 Å². The van der Waals surface area contributed by atoms with E-state index in [1.807, 2.05) is 6.92 Å². The summed E-state index contributed by atoms with van der Waals surface area (Å²) in [4.78, 5) is 29.9. The number of rotatable bonds is 3. The summed E-state index contributed by atoms with van der Waals surface area (Å²) in [6.45, 7) is 6.13. The maximum Gasteiger partial charge on any atom is 0.436 e. The molecule has 0 rings (SSSR count). The van der Waals surface area contributed by atoms with E-state index in [0.717, 1.165) is 6.42 Å². The Hall–Kier alpha value is -1.79. The molecule has 1 atom stereocenters. The van der Waals surface area contributed by atoms with Gasteiger partial charge in [-0.3, -0.25) is 4.90 Å². The fourth-order valence-corrected chi connectivity index (χ4v) is 1.77. The van der Waals surface area contributed by atoms with Gasteiger partial charge in [-0.2, -0.15) is 0 Å². The van der Waals surface area contributed by atoms with E-state index in [4.69, 9.17) is 0 Å². The van der Waals surface area contributed by atoms with E-state index < -0.39 is 6.09 Å². The third-order valence-corrected chi connectivity index (χ3v) is 2.57. The quantitative estimate of drug-likeness (QED) is 0.633. The van der Waals surface area contributed by atoms with Crippen molar-refractivity contribution < 1.29 is 14.3 Å². The van der Waals surface area contributed by atoms with Gasteiger partial charge in [-0.05, 0) is 19.3 Å². The maximum atomic E-state index is 12.1. The molecule has 7 heteroatoms. The molecule has 0 saturated heterocycles. The number of nitrogens with one attached hydrogen (secondary N) is 1. The van der Waals surface area contributed by atoms with Crippen molar-refractivity contribution in [3.05, 3.63) is 0 Å². The number of carbonyl (C=O) groups is 2. The lowest BCUT2D eigenvalue weighted by atomic mass is 10.1. The number of amides is 3. The van der Waals surface area contributed by atoms with Crippen molar-refractivity contribution >= 4 is 18.1 Å². The Morgan fingerprint density at radius 3 is 2.15 bits per heavy atom. The highest BCUT2D eigenvalue weighted by atomic mass is 16.5. The molecule has 7 nitrogen and oxygen atoms in total. The highest BCUT2D eigenvalue weighted by Crippen LogP contribution is 2.04. The maximum absolute atomic E-state index is 12.1. The molecule has 1 unspecified atom stereocenters. The van der Waals surface area contributed by atoms with Crippen LogP contribution in [0.2, 0.25) is 0 Å². The number of methoxy groups -OCH3 is 1. The highest BCUT2D eigenvalue weighted by molar-refractivity contribution is 5.99. The molecule has 0 spiro atoms. The molecule has 1 N–H and O–H groups in total. The van der Waals surface area contributed by atoms with Crippen LogP contribution in [0.5, 0.6) is 0 Å². The summed E-state index contributed by atoms with van der Waals surface area (Å²) in [7, 11) is 6.19. The minimum Gasteiger partial charge on any atom is -0.451 e. The molecule has 0 radical (unpaired) electrons. The SMILES string of the molecule is COC(=O)N=C(N(C)C)N(C)C(=O)NC(C)CC(C)C. The lowest BCUT2D eigenvalue weighted by Gasteiger charge is -2.26. The van der Waals surface area contributed by atoms with E-state index in [2.05, 4.69) is 28.9 Å². The van der Waals surface area contributed by atoms with E-state index in [1.54, 1.807) is 26.0 Å². The molecule has 0 fully saturated rings. The molecular formula is C13H26N4O3. The van der Waals surface area contributed by atoms with Gasteiger partial charge in [-0.15, -0.1) is 4.99 Å². The molecule has 3 amide bonds. The van der Waals surface area contributed by atoms with E-state index >= 15 is 0 Å². The fraction of sp³-hybridized carbons (Fsp3) is 0.769. The summed E-state index contributed by atoms with van der Waals surface area (Å²) in [5.41, 5.74) is 0. The smallest absolute Gasteiger partial charge is 0.436 e. The zero-order chi connectivity index (χ0) is 15.9. The van der Waals surface area contributed by atoms with Crippen LogP contribution in [0.3, 0.4) is 0 Å². The standard InChI is InChI=1S/C13H26N4O3/c1-9(2)8-10(3)14-12(18)17(6)11(16(4)5)15-13(19)20-7/h9-10H,8H2,1-7H3,(H,14,18). The molecule has 0 aliphatic carbocycles. The van der Waals surface area contributed by atoms with Gasteiger partial charge in [-0.1, -0.05) is 13.8 Å². The number of aliphatic imine (C=N–C) groups is 1. The molecule has 0 saturated carbocycles. The van der Waals surface area contributed by atoms with Gasteiger partial charge in [0.05, 0.1) is 7.11 Å². The van der Waals surface area contributed by atoms with Crippen LogP contribution < -0.4 is 5.32 Å². The summed E-state index contributed by atoms with van der Waals surface area (Å²) in [6.07, 6.45) is 0.133. The fourth-order valence-electron chi connectivity index (χ4n) is 1.77. The first kappa shape index (κ1) is 18.2. The monoisotopic (exact) mass is 286 g/mol. The Kier molecular flexibility index (Phi) is 7.64. The predicted molar refractivity (Wildman–Crippen MR) is 78.7 cm³/mol. The van der Waals surface area contributed by atoms with Crippen LogP contribution in [0.4, 0.5) is 9.59 Å². The van der Waals surface area contributed by atoms with Crippen LogP contribution in [0.15, 0.2) is 4.99 Å². The van der Waals surface area contributed by atoms with E-state index in [1.165, 1.54) is 12.0 Å². The van der Waals surface area contributed by atoms with Gasteiger partial charge in [0, 0.05) is 27.2 Å². The molecule has 0 aliphatic rings. The molecular weight excluding hydrogens is 260 g/mol. The van der Waals surface area contributed by atoms with E-state index in [0.29, 0.717) is 5.92 Å². The van der Waals surface area contributed by atoms with E-state index in [-0.39, 0.29) is 18.0 Å². The van der Waals surface area contributed by atoms with Gasteiger partial charge in [0.2, 0.25) is 5.96 Å². The third kappa shape index (κ3) is 6.40. The molecule has 0 aromatic rings. The summed E-state index contributed by atoms with van der Waals surface area (Å²) >= 11 is 0. The largest absolute Gasteiger partial charge is 0.451 e. The van der Waals surface area contributed by atoms with Crippen molar-refractivity contribution in [1.82, 2.24) is 15.1 Å². The summed E-state index contributed by atoms with van der Waals surface area (Å²) in [6, 6.07) is -0.263. The molecule has 0 bridgehead atoms. The van der Waals surface area contributed by atoms with Crippen LogP contribution in [0, 0.1) is 5.92 Å². The molecule has 0 aliphatic heterocycles. The minimum atomic E-state index is -0.747. The number of carbonyl (C=O) groups excluding carboxylic acids is 2. The Morgan fingerprint density at radius 1 is 1.20 bits per heavy atom. The van der Waals surface area contributed by atoms with Crippen molar-refractivity contribution in [3.63, 3.8) is 0 Å². The summed E-state index contributed by atoms with van der Waals surface area (Å²) < 4.78 is 4.48. The van der Waals surface area contributed by atoms with Gasteiger partial charge >= 0.3 is 12.1 Å². The average Bonchev–Trinajstić information content (AvgIpc) is 2.32. The zero-order valence-electron chi connectivity index (χ0n) is 13.4. The Labute approximate surface area is 121 Å². The Balaban J connectivity index is 4.82. The zero-order valence-corrected chi connectivity index (χ0v) is 13.4. The summed E-state index contributed by atoms with van der Waals surface area (Å²) in [5.74, 6) is 0.707. The van der Waals surface area contributed by atoms with Crippen molar-refractivity contribution in [3.8, 4) is 0 Å². The van der Waals surface area contributed by atoms with Crippen molar-refractivity contribution in [2.75, 3.05) is 28.3 Å². The number of hydrogen-bond acceptors (Lipinski definition) is 3. The number of ether oxygens (including phenoxy) is 1. The molecule has 0 heterocycles. The summed E-state index contributed by atoms with van der Waals surface area (Å²) in [5, 5.41) is 2.86. The Bertz CT molecular complexity index is 367. The van der Waals surface area contributed by atoms with Crippen LogP contribution in [0.25, 0.3) is 0 Å². The van der Waals surface area contributed by atoms with Gasteiger partial charge in [-0.25, -0.2) is 9.59 Å². The van der Waals surface area contributed by atoms with Gasteiger partial charge in [0.1, 0.15) is 0 Å². The van der Waals surface area contributed by atoms with Gasteiger partial charge < -0.3 is 15.0 Å². The average molecular weight is 286 g/mol. The topological polar surface area (TPSA) is 74.2 Å². The second kappa shape index (κ2) is 8.39. The van der Waals surface area contributed by atoms with Crippen LogP contribution in [-0.4, -0.2) is 62.2 Å². The molecule has 0 aromatic heterocycles. The molecule has 20 heavy (non-hydrogen) atoms. The Morgan fingerprint density at radius 2 is 1.75 bits per heavy atom. The molecule has 116 valence electrons. The number of guanidine groups is 1. The number of urea groups is 1. The second-order valence-electron chi connectivity index (χ2n) is 5.32. The van der Waals surface area contributed by atoms with E-state index in [9.17, 15) is 9.59 Å². The van der Waals surface area contributed by atoms with Gasteiger partial charge in [0.15, 0.2) is 0 Å². The second-order valence-corrected chi connectivity index (χ2v) is 5.32. The molecule has 0 aromatic carbocycles. The van der Waals surface area contributed by atoms with Crippen molar-refractivity contribution in [2.45, 2.75) is 33.2 Å². The number of hydrogen-bond donors (Lipinski definition) is 1. The highest BCUT2D eigenvalue weighted by Gasteiger charge is 2.20. The van der Waals surface area contributed by atoms with Gasteiger partial charge in [0.25, 0.3) is 0 Å². The van der Waals surface area contributed by atoms with Crippen LogP contribution >= 0.6 is 0 Å². The lowest BCUT2D eigenvalue weighted by Crippen LogP contribution is -2.49. The predicted octanol–water partition coefficient (Wildman–Crippen LogP) is 1.75. The minimum absolute atomic E-state index is 0.0477. The first-order chi connectivity index (χ1) is 9.18. The third-order valence-electron chi connectivity index (χ3n) is 2.57. The van der Waals surface area contributed by atoms with Crippen LogP contribution in [0.1, 0.15) is 27.2 Å².